The Labute approximate surface area is 78.2 Å². The van der Waals surface area contributed by atoms with E-state index >= 15 is 0 Å². The van der Waals surface area contributed by atoms with Crippen LogP contribution in [-0.4, -0.2) is 39.9 Å². The zero-order valence-corrected chi connectivity index (χ0v) is 8.47. The Morgan fingerprint density at radius 2 is 2.23 bits per heavy atom. The Balaban J connectivity index is 2.68. The lowest BCUT2D eigenvalue weighted by Crippen LogP contribution is -2.25. The van der Waals surface area contributed by atoms with E-state index in [2.05, 4.69) is 0 Å². The fraction of sp³-hybridized carbons (Fsp3) is 0.875. The van der Waals surface area contributed by atoms with Gasteiger partial charge in [0.05, 0.1) is 11.5 Å². The molecule has 0 aromatic carbocycles. The van der Waals surface area contributed by atoms with E-state index in [0.29, 0.717) is 19.4 Å². The second kappa shape index (κ2) is 3.75. The molecule has 13 heavy (non-hydrogen) atoms. The average Bonchev–Trinajstić information content (AvgIpc) is 2.40. The molecule has 1 aliphatic heterocycles. The Morgan fingerprint density at radius 3 is 2.62 bits per heavy atom. The fourth-order valence-electron chi connectivity index (χ4n) is 1.60. The molecule has 0 spiro atoms. The molecule has 0 bridgehead atoms. The van der Waals surface area contributed by atoms with E-state index in [1.54, 1.807) is 7.11 Å². The molecule has 5 heteroatoms. The van der Waals surface area contributed by atoms with Crippen molar-refractivity contribution in [2.75, 3.05) is 25.2 Å². The zero-order chi connectivity index (χ0) is 9.95. The molecular weight excluding hydrogens is 192 g/mol. The van der Waals surface area contributed by atoms with Crippen molar-refractivity contribution in [2.45, 2.75) is 12.8 Å². The van der Waals surface area contributed by atoms with Crippen LogP contribution in [0.1, 0.15) is 12.8 Å². The number of hydrogen-bond donors (Lipinski definition) is 0. The number of methoxy groups -OCH3 is 1. The van der Waals surface area contributed by atoms with Gasteiger partial charge in [-0.15, -0.1) is 0 Å². The fourth-order valence-corrected chi connectivity index (χ4v) is 3.69. The van der Waals surface area contributed by atoms with E-state index in [9.17, 15) is 13.2 Å². The maximum Gasteiger partial charge on any atom is 0.151 e. The number of hydrogen-bond acceptors (Lipinski definition) is 4. The third kappa shape index (κ3) is 2.51. The quantitative estimate of drug-likeness (QED) is 0.609. The van der Waals surface area contributed by atoms with Crippen LogP contribution in [0.3, 0.4) is 0 Å². The van der Waals surface area contributed by atoms with Gasteiger partial charge in [-0.3, -0.25) is 0 Å². The lowest BCUT2D eigenvalue weighted by molar-refractivity contribution is -0.115. The largest absolute Gasteiger partial charge is 0.385 e. The minimum Gasteiger partial charge on any atom is -0.385 e. The van der Waals surface area contributed by atoms with Gasteiger partial charge in [0.15, 0.2) is 9.84 Å². The summed E-state index contributed by atoms with van der Waals surface area (Å²) in [7, 11) is -1.44. The number of rotatable bonds is 4. The van der Waals surface area contributed by atoms with E-state index in [0.717, 1.165) is 6.29 Å². The van der Waals surface area contributed by atoms with Gasteiger partial charge in [-0.2, -0.15) is 0 Å². The number of sulfone groups is 1. The highest BCUT2D eigenvalue weighted by Crippen LogP contribution is 2.33. The summed E-state index contributed by atoms with van der Waals surface area (Å²) in [6.45, 7) is 0.439. The number of ether oxygens (including phenoxy) is 1. The third-order valence-corrected chi connectivity index (χ3v) is 4.31. The van der Waals surface area contributed by atoms with Crippen LogP contribution in [0, 0.1) is 5.41 Å². The molecule has 1 rings (SSSR count). The van der Waals surface area contributed by atoms with Crippen LogP contribution in [0.4, 0.5) is 0 Å². The van der Waals surface area contributed by atoms with E-state index in [4.69, 9.17) is 4.74 Å². The summed E-state index contributed by atoms with van der Waals surface area (Å²) in [5, 5.41) is 0. The molecule has 0 saturated carbocycles. The van der Waals surface area contributed by atoms with Crippen molar-refractivity contribution in [1.29, 1.82) is 0 Å². The summed E-state index contributed by atoms with van der Waals surface area (Å²) < 4.78 is 27.2. The van der Waals surface area contributed by atoms with Crippen molar-refractivity contribution in [3.8, 4) is 0 Å². The normalized spacial score (nSPS) is 31.8. The molecule has 4 nitrogen and oxygen atoms in total. The van der Waals surface area contributed by atoms with Crippen molar-refractivity contribution in [3.63, 3.8) is 0 Å². The van der Waals surface area contributed by atoms with Gasteiger partial charge in [-0.05, 0) is 12.8 Å². The van der Waals surface area contributed by atoms with Crippen LogP contribution in [-0.2, 0) is 19.4 Å². The summed E-state index contributed by atoms with van der Waals surface area (Å²) in [5.41, 5.74) is -0.672. The first kappa shape index (κ1) is 10.7. The van der Waals surface area contributed by atoms with Crippen molar-refractivity contribution in [3.05, 3.63) is 0 Å². The lowest BCUT2D eigenvalue weighted by Gasteiger charge is -2.18. The second-order valence-electron chi connectivity index (χ2n) is 3.57. The molecule has 1 unspecified atom stereocenters. The second-order valence-corrected chi connectivity index (χ2v) is 5.75. The molecule has 1 fully saturated rings. The minimum atomic E-state index is -2.98. The van der Waals surface area contributed by atoms with Gasteiger partial charge in [0, 0.05) is 19.1 Å². The van der Waals surface area contributed by atoms with Crippen LogP contribution in [0.2, 0.25) is 0 Å². The van der Waals surface area contributed by atoms with E-state index in [1.807, 2.05) is 0 Å². The molecule has 0 amide bonds. The molecule has 0 aliphatic carbocycles. The number of carbonyl (C=O) groups excluding carboxylic acids is 1. The third-order valence-electron chi connectivity index (χ3n) is 2.47. The number of aldehydes is 1. The van der Waals surface area contributed by atoms with Gasteiger partial charge in [-0.1, -0.05) is 0 Å². The molecule has 0 aromatic rings. The van der Waals surface area contributed by atoms with Gasteiger partial charge in [-0.25, -0.2) is 8.42 Å². The van der Waals surface area contributed by atoms with Gasteiger partial charge >= 0.3 is 0 Å². The monoisotopic (exact) mass is 206 g/mol. The summed E-state index contributed by atoms with van der Waals surface area (Å²) in [5.74, 6) is 0.127. The molecule has 1 atom stereocenters. The first-order valence-electron chi connectivity index (χ1n) is 4.19. The van der Waals surface area contributed by atoms with Gasteiger partial charge in [0.2, 0.25) is 0 Å². The average molecular weight is 206 g/mol. The van der Waals surface area contributed by atoms with Crippen molar-refractivity contribution >= 4 is 16.1 Å². The Hall–Kier alpha value is -0.420. The summed E-state index contributed by atoms with van der Waals surface area (Å²) in [6, 6.07) is 0. The maximum absolute atomic E-state index is 11.2. The molecule has 0 N–H and O–H groups in total. The Morgan fingerprint density at radius 1 is 1.54 bits per heavy atom. The van der Waals surface area contributed by atoms with E-state index in [-0.39, 0.29) is 11.5 Å². The highest BCUT2D eigenvalue weighted by Gasteiger charge is 2.41. The van der Waals surface area contributed by atoms with E-state index < -0.39 is 15.3 Å². The van der Waals surface area contributed by atoms with Gasteiger partial charge in [0.25, 0.3) is 0 Å². The first-order chi connectivity index (χ1) is 6.04. The van der Waals surface area contributed by atoms with Crippen LogP contribution >= 0.6 is 0 Å². The molecule has 1 saturated heterocycles. The Kier molecular flexibility index (Phi) is 3.08. The van der Waals surface area contributed by atoms with Crippen molar-refractivity contribution < 1.29 is 17.9 Å². The SMILES string of the molecule is COCCC1(C=O)CCS(=O)(=O)C1. The molecule has 76 valence electrons. The highest BCUT2D eigenvalue weighted by atomic mass is 32.2. The number of carbonyl (C=O) groups is 1. The first-order valence-corrected chi connectivity index (χ1v) is 6.01. The van der Waals surface area contributed by atoms with Crippen LogP contribution in [0.25, 0.3) is 0 Å². The van der Waals surface area contributed by atoms with Crippen molar-refractivity contribution in [2.24, 2.45) is 5.41 Å². The summed E-state index contributed by atoms with van der Waals surface area (Å²) in [6.07, 6.45) is 1.73. The molecule has 0 radical (unpaired) electrons. The van der Waals surface area contributed by atoms with Crippen molar-refractivity contribution in [1.82, 2.24) is 0 Å². The zero-order valence-electron chi connectivity index (χ0n) is 7.65. The topological polar surface area (TPSA) is 60.4 Å². The molecule has 0 aromatic heterocycles. The maximum atomic E-state index is 11.2. The van der Waals surface area contributed by atoms with Crippen LogP contribution in [0.15, 0.2) is 0 Å². The summed E-state index contributed by atoms with van der Waals surface area (Å²) in [4.78, 5) is 10.8. The smallest absolute Gasteiger partial charge is 0.151 e. The lowest BCUT2D eigenvalue weighted by atomic mass is 9.86. The Bertz CT molecular complexity index is 283. The predicted octanol–water partition coefficient (Wildman–Crippen LogP) is 0.0267. The summed E-state index contributed by atoms with van der Waals surface area (Å²) >= 11 is 0. The van der Waals surface area contributed by atoms with Gasteiger partial charge < -0.3 is 9.53 Å². The molecule has 1 heterocycles. The van der Waals surface area contributed by atoms with Gasteiger partial charge in [0.1, 0.15) is 6.29 Å². The standard InChI is InChI=1S/C8H14O4S/c1-12-4-2-8(6-9)3-5-13(10,11)7-8/h6H,2-5,7H2,1H3. The van der Waals surface area contributed by atoms with Crippen LogP contribution < -0.4 is 0 Å². The van der Waals surface area contributed by atoms with Crippen LogP contribution in [0.5, 0.6) is 0 Å². The minimum absolute atomic E-state index is 0.00708. The molecular formula is C8H14O4S. The van der Waals surface area contributed by atoms with E-state index in [1.165, 1.54) is 0 Å². The highest BCUT2D eigenvalue weighted by molar-refractivity contribution is 7.91. The molecule has 1 aliphatic rings. The predicted molar refractivity (Wildman–Crippen MR) is 48.3 cm³/mol.